The van der Waals surface area contributed by atoms with Gasteiger partial charge in [-0.05, 0) is 46.7 Å². The van der Waals surface area contributed by atoms with Crippen LogP contribution in [0.3, 0.4) is 0 Å². The van der Waals surface area contributed by atoms with Gasteiger partial charge in [-0.2, -0.15) is 21.6 Å². The van der Waals surface area contributed by atoms with Gasteiger partial charge in [-0.3, -0.25) is 9.59 Å². The zero-order valence-corrected chi connectivity index (χ0v) is 19.8. The Morgan fingerprint density at radius 1 is 0.853 bits per heavy atom. The minimum atomic E-state index is -6.22. The molecule has 4 rings (SSSR count). The summed E-state index contributed by atoms with van der Waals surface area (Å²) >= 11 is 1.39. The zero-order chi connectivity index (χ0) is 25.1. The third-order valence-electron chi connectivity index (χ3n) is 5.23. The number of imide groups is 1. The third kappa shape index (κ3) is 4.19. The number of hydrogen-bond acceptors (Lipinski definition) is 6. The molecule has 0 saturated carbocycles. The molecule has 3 aromatic carbocycles. The molecule has 0 aliphatic carbocycles. The fourth-order valence-electron chi connectivity index (χ4n) is 3.49. The standard InChI is InChI=1S/C23H18F3NO5S2/c1-22(2,3)13-7-9-14(10-8-13)33-18-12-11-17-19-15(18)5-4-6-16(19)20(28)27(21(17)29)32-34(30,31)23(24,25)26/h4-12H,1-3H3. The lowest BCUT2D eigenvalue weighted by atomic mass is 9.87. The molecule has 0 bridgehead atoms. The van der Waals surface area contributed by atoms with Crippen molar-refractivity contribution in [2.45, 2.75) is 41.5 Å². The highest BCUT2D eigenvalue weighted by Crippen LogP contribution is 2.40. The molecule has 1 aliphatic rings. The summed E-state index contributed by atoms with van der Waals surface area (Å²) in [4.78, 5) is 27.1. The molecule has 0 N–H and O–H groups in total. The van der Waals surface area contributed by atoms with Crippen LogP contribution in [0.15, 0.2) is 64.4 Å². The Morgan fingerprint density at radius 3 is 2.00 bits per heavy atom. The Bertz CT molecular complexity index is 1400. The Balaban J connectivity index is 1.74. The predicted octanol–water partition coefficient (Wildman–Crippen LogP) is 5.67. The monoisotopic (exact) mass is 509 g/mol. The molecule has 178 valence electrons. The number of benzene rings is 3. The van der Waals surface area contributed by atoms with E-state index in [1.807, 2.05) is 24.3 Å². The number of rotatable bonds is 4. The SMILES string of the molecule is CC(C)(C)c1ccc(Sc2ccc3c4c(cccc24)C(=O)N(OS(=O)(=O)C(F)(F)F)C3=O)cc1. The Hall–Kier alpha value is -2.89. The predicted molar refractivity (Wildman–Crippen MR) is 120 cm³/mol. The van der Waals surface area contributed by atoms with Crippen LogP contribution in [0.5, 0.6) is 0 Å². The van der Waals surface area contributed by atoms with Crippen molar-refractivity contribution in [1.29, 1.82) is 0 Å². The number of carbonyl (C=O) groups is 2. The van der Waals surface area contributed by atoms with Gasteiger partial charge in [0.1, 0.15) is 0 Å². The van der Waals surface area contributed by atoms with Gasteiger partial charge in [0.15, 0.2) is 0 Å². The fraction of sp³-hybridized carbons (Fsp3) is 0.217. The van der Waals surface area contributed by atoms with Crippen molar-refractivity contribution in [2.24, 2.45) is 0 Å². The summed E-state index contributed by atoms with van der Waals surface area (Å²) in [7, 11) is -6.22. The van der Waals surface area contributed by atoms with Gasteiger partial charge in [-0.15, -0.1) is 9.35 Å². The van der Waals surface area contributed by atoms with Crippen molar-refractivity contribution in [2.75, 3.05) is 0 Å². The van der Waals surface area contributed by atoms with Gasteiger partial charge < -0.3 is 0 Å². The maximum absolute atomic E-state index is 12.8. The number of carbonyl (C=O) groups excluding carboxylic acids is 2. The second-order valence-corrected chi connectivity index (χ2v) is 11.2. The van der Waals surface area contributed by atoms with Gasteiger partial charge >= 0.3 is 15.6 Å². The molecule has 0 aromatic heterocycles. The average molecular weight is 510 g/mol. The van der Waals surface area contributed by atoms with Crippen LogP contribution in [-0.2, 0) is 19.8 Å². The van der Waals surface area contributed by atoms with Crippen molar-refractivity contribution >= 4 is 44.5 Å². The Morgan fingerprint density at radius 2 is 1.44 bits per heavy atom. The molecule has 11 heteroatoms. The molecular formula is C23H18F3NO5S2. The van der Waals surface area contributed by atoms with Crippen molar-refractivity contribution < 1.29 is 35.5 Å². The van der Waals surface area contributed by atoms with Crippen molar-refractivity contribution in [3.8, 4) is 0 Å². The zero-order valence-electron chi connectivity index (χ0n) is 18.1. The van der Waals surface area contributed by atoms with Crippen LogP contribution in [0.25, 0.3) is 10.8 Å². The van der Waals surface area contributed by atoms with E-state index in [0.717, 1.165) is 10.5 Å². The largest absolute Gasteiger partial charge is 0.525 e. The summed E-state index contributed by atoms with van der Waals surface area (Å²) in [6.45, 7) is 6.30. The highest BCUT2D eigenvalue weighted by atomic mass is 32.2. The van der Waals surface area contributed by atoms with Crippen LogP contribution in [0, 0.1) is 0 Å². The van der Waals surface area contributed by atoms with Gasteiger partial charge in [0.25, 0.3) is 11.8 Å². The number of amides is 2. The number of alkyl halides is 3. The first-order valence-electron chi connectivity index (χ1n) is 9.94. The van der Waals surface area contributed by atoms with Crippen molar-refractivity contribution in [3.63, 3.8) is 0 Å². The van der Waals surface area contributed by atoms with E-state index in [1.54, 1.807) is 12.1 Å². The van der Waals surface area contributed by atoms with E-state index < -0.39 is 27.4 Å². The molecule has 0 saturated heterocycles. The van der Waals surface area contributed by atoms with Gasteiger partial charge in [-0.1, -0.05) is 56.8 Å². The van der Waals surface area contributed by atoms with Crippen LogP contribution in [0.4, 0.5) is 13.2 Å². The molecule has 0 spiro atoms. The molecule has 1 aliphatic heterocycles. The minimum absolute atomic E-state index is 0.0162. The molecule has 6 nitrogen and oxygen atoms in total. The summed E-state index contributed by atoms with van der Waals surface area (Å²) in [5.41, 5.74) is -4.95. The Kier molecular flexibility index (Phi) is 5.78. The van der Waals surface area contributed by atoms with E-state index in [0.29, 0.717) is 10.3 Å². The van der Waals surface area contributed by atoms with E-state index >= 15 is 0 Å². The first kappa shape index (κ1) is 24.2. The number of nitrogens with zero attached hydrogens (tertiary/aromatic N) is 1. The second-order valence-electron chi connectivity index (χ2n) is 8.59. The molecular weight excluding hydrogens is 491 g/mol. The van der Waals surface area contributed by atoms with Gasteiger partial charge in [-0.25, -0.2) is 0 Å². The van der Waals surface area contributed by atoms with Crippen LogP contribution < -0.4 is 0 Å². The highest BCUT2D eigenvalue weighted by molar-refractivity contribution is 7.99. The average Bonchev–Trinajstić information content (AvgIpc) is 2.74. The molecule has 0 radical (unpaired) electrons. The quantitative estimate of drug-likeness (QED) is 0.333. The van der Waals surface area contributed by atoms with E-state index in [2.05, 4.69) is 25.1 Å². The smallest absolute Gasteiger partial charge is 0.266 e. The van der Waals surface area contributed by atoms with Crippen molar-refractivity contribution in [3.05, 3.63) is 71.3 Å². The van der Waals surface area contributed by atoms with Gasteiger partial charge in [0.2, 0.25) is 0 Å². The normalized spacial score (nSPS) is 14.7. The molecule has 0 fully saturated rings. The summed E-state index contributed by atoms with van der Waals surface area (Å²) in [6.07, 6.45) is 0. The van der Waals surface area contributed by atoms with E-state index in [1.165, 1.54) is 30.0 Å². The Labute approximate surface area is 197 Å². The molecule has 34 heavy (non-hydrogen) atoms. The summed E-state index contributed by atoms with van der Waals surface area (Å²) in [5, 5.41) is 0.385. The number of halogens is 3. The fourth-order valence-corrected chi connectivity index (χ4v) is 4.85. The molecule has 0 unspecified atom stereocenters. The minimum Gasteiger partial charge on any atom is -0.266 e. The summed E-state index contributed by atoms with van der Waals surface area (Å²) in [6, 6.07) is 15.3. The van der Waals surface area contributed by atoms with Crippen LogP contribution in [0.2, 0.25) is 0 Å². The van der Waals surface area contributed by atoms with Gasteiger partial charge in [0, 0.05) is 15.2 Å². The first-order chi connectivity index (χ1) is 15.7. The topological polar surface area (TPSA) is 80.8 Å². The lowest BCUT2D eigenvalue weighted by Crippen LogP contribution is -2.44. The summed E-state index contributed by atoms with van der Waals surface area (Å²) in [5.74, 6) is -2.60. The lowest BCUT2D eigenvalue weighted by molar-refractivity contribution is -0.0761. The first-order valence-corrected chi connectivity index (χ1v) is 12.2. The van der Waals surface area contributed by atoms with Crippen LogP contribution >= 0.6 is 11.8 Å². The van der Waals surface area contributed by atoms with Crippen LogP contribution in [0.1, 0.15) is 47.1 Å². The van der Waals surface area contributed by atoms with Crippen molar-refractivity contribution in [1.82, 2.24) is 5.06 Å². The van der Waals surface area contributed by atoms with E-state index in [4.69, 9.17) is 0 Å². The van der Waals surface area contributed by atoms with Crippen LogP contribution in [-0.4, -0.2) is 30.8 Å². The lowest BCUT2D eigenvalue weighted by Gasteiger charge is -2.26. The molecule has 1 heterocycles. The molecule has 0 atom stereocenters. The van der Waals surface area contributed by atoms with E-state index in [-0.39, 0.29) is 27.0 Å². The van der Waals surface area contributed by atoms with E-state index in [9.17, 15) is 31.2 Å². The second kappa shape index (κ2) is 8.10. The molecule has 2 amide bonds. The summed E-state index contributed by atoms with van der Waals surface area (Å²) < 4.78 is 65.0. The number of hydrogen-bond donors (Lipinski definition) is 0. The maximum Gasteiger partial charge on any atom is 0.525 e. The maximum atomic E-state index is 12.8. The third-order valence-corrected chi connectivity index (χ3v) is 7.23. The molecule has 3 aromatic rings. The van der Waals surface area contributed by atoms with Gasteiger partial charge in [0.05, 0.1) is 11.1 Å². The number of hydroxylamine groups is 2. The highest BCUT2D eigenvalue weighted by Gasteiger charge is 2.51.